The third-order valence-electron chi connectivity index (χ3n) is 6.34. The fourth-order valence-electron chi connectivity index (χ4n) is 4.18. The molecule has 0 bridgehead atoms. The summed E-state index contributed by atoms with van der Waals surface area (Å²) >= 11 is 0. The van der Waals surface area contributed by atoms with Crippen LogP contribution in [0.1, 0.15) is 76.0 Å². The number of carbonyl (C=O) groups is 3. The van der Waals surface area contributed by atoms with Crippen molar-refractivity contribution in [3.63, 3.8) is 0 Å². The van der Waals surface area contributed by atoms with Crippen LogP contribution in [0.3, 0.4) is 0 Å². The standard InChI is InChI=1S/C27H38N4O6/c1-17(2)13-21(23(32)25-30-31(27(35)37-25)15-19-11-8-12-19)28-24(33)22(14-18(3)4)29-26(34)36-16-20-9-6-5-7-10-20/h5-7,9-10,17-19,21-22H,8,11-16H2,1-4H3,(H,28,33)(H,29,34). The fraction of sp³-hybridized carbons (Fsp3) is 0.593. The Hall–Kier alpha value is -3.43. The van der Waals surface area contributed by atoms with E-state index in [0.717, 1.165) is 24.8 Å². The van der Waals surface area contributed by atoms with E-state index in [1.54, 1.807) is 0 Å². The summed E-state index contributed by atoms with van der Waals surface area (Å²) in [6.45, 7) is 8.18. The molecule has 0 spiro atoms. The maximum Gasteiger partial charge on any atom is 0.437 e. The zero-order valence-corrected chi connectivity index (χ0v) is 22.1. The minimum Gasteiger partial charge on any atom is -0.445 e. The molecule has 1 saturated carbocycles. The largest absolute Gasteiger partial charge is 0.445 e. The van der Waals surface area contributed by atoms with E-state index in [4.69, 9.17) is 9.15 Å². The smallest absolute Gasteiger partial charge is 0.437 e. The van der Waals surface area contributed by atoms with Gasteiger partial charge >= 0.3 is 11.8 Å². The van der Waals surface area contributed by atoms with Crippen molar-refractivity contribution in [3.8, 4) is 0 Å². The van der Waals surface area contributed by atoms with Gasteiger partial charge in [0.15, 0.2) is 0 Å². The van der Waals surface area contributed by atoms with E-state index in [1.165, 1.54) is 4.68 Å². The van der Waals surface area contributed by atoms with Crippen LogP contribution in [-0.2, 0) is 22.7 Å². The number of aromatic nitrogens is 2. The molecular weight excluding hydrogens is 476 g/mol. The summed E-state index contributed by atoms with van der Waals surface area (Å²) in [7, 11) is 0. The van der Waals surface area contributed by atoms with Gasteiger partial charge < -0.3 is 19.8 Å². The van der Waals surface area contributed by atoms with Crippen molar-refractivity contribution in [1.82, 2.24) is 20.4 Å². The number of nitrogens with one attached hydrogen (secondary N) is 2. The summed E-state index contributed by atoms with van der Waals surface area (Å²) in [5.41, 5.74) is 0.823. The van der Waals surface area contributed by atoms with Crippen molar-refractivity contribution < 1.29 is 23.5 Å². The Bertz CT molecular complexity index is 1100. The van der Waals surface area contributed by atoms with Crippen LogP contribution >= 0.6 is 0 Å². The molecule has 1 aliphatic rings. The predicted octanol–water partition coefficient (Wildman–Crippen LogP) is 3.69. The van der Waals surface area contributed by atoms with Gasteiger partial charge in [0.2, 0.25) is 11.7 Å². The van der Waals surface area contributed by atoms with Crippen LogP contribution in [0, 0.1) is 17.8 Å². The quantitative estimate of drug-likeness (QED) is 0.390. The second-order valence-electron chi connectivity index (χ2n) is 10.6. The van der Waals surface area contributed by atoms with E-state index < -0.39 is 35.6 Å². The summed E-state index contributed by atoms with van der Waals surface area (Å²) in [6, 6.07) is 7.35. The third-order valence-corrected chi connectivity index (χ3v) is 6.34. The zero-order valence-electron chi connectivity index (χ0n) is 22.1. The van der Waals surface area contributed by atoms with Gasteiger partial charge in [-0.15, -0.1) is 5.10 Å². The van der Waals surface area contributed by atoms with Crippen LogP contribution in [0.5, 0.6) is 0 Å². The second kappa shape index (κ2) is 13.2. The minimum atomic E-state index is -0.959. The van der Waals surface area contributed by atoms with E-state index in [2.05, 4.69) is 15.7 Å². The van der Waals surface area contributed by atoms with Gasteiger partial charge in [0.25, 0.3) is 5.89 Å². The highest BCUT2D eigenvalue weighted by Gasteiger charge is 2.32. The van der Waals surface area contributed by atoms with E-state index >= 15 is 0 Å². The van der Waals surface area contributed by atoms with Crippen LogP contribution in [0.25, 0.3) is 0 Å². The molecule has 2 unspecified atom stereocenters. The Kier molecular flexibility index (Phi) is 10.0. The zero-order chi connectivity index (χ0) is 26.9. The topological polar surface area (TPSA) is 133 Å². The maximum atomic E-state index is 13.2. The number of alkyl carbamates (subject to hydrolysis) is 1. The Balaban J connectivity index is 1.67. The molecule has 1 aliphatic carbocycles. The van der Waals surface area contributed by atoms with Crippen LogP contribution < -0.4 is 16.4 Å². The Labute approximate surface area is 217 Å². The van der Waals surface area contributed by atoms with Gasteiger partial charge in [-0.1, -0.05) is 64.4 Å². The second-order valence-corrected chi connectivity index (χ2v) is 10.6. The number of carbonyl (C=O) groups excluding carboxylic acids is 3. The molecule has 0 radical (unpaired) electrons. The lowest BCUT2D eigenvalue weighted by Gasteiger charge is -2.24. The van der Waals surface area contributed by atoms with Gasteiger partial charge in [-0.25, -0.2) is 9.59 Å². The average Bonchev–Trinajstić information content (AvgIpc) is 3.19. The molecule has 1 aromatic carbocycles. The maximum absolute atomic E-state index is 13.2. The molecule has 2 N–H and O–H groups in total. The number of ketones is 1. The number of hydrogen-bond acceptors (Lipinski definition) is 7. The van der Waals surface area contributed by atoms with Crippen LogP contribution in [0.4, 0.5) is 4.79 Å². The number of benzene rings is 1. The lowest BCUT2D eigenvalue weighted by Crippen LogP contribution is -2.52. The van der Waals surface area contributed by atoms with Gasteiger partial charge in [0, 0.05) is 0 Å². The highest BCUT2D eigenvalue weighted by Crippen LogP contribution is 2.27. The van der Waals surface area contributed by atoms with Crippen LogP contribution in [-0.4, -0.2) is 39.6 Å². The molecule has 2 amide bonds. The lowest BCUT2D eigenvalue weighted by molar-refractivity contribution is -0.124. The first-order chi connectivity index (χ1) is 17.6. The van der Waals surface area contributed by atoms with Crippen molar-refractivity contribution in [2.45, 2.75) is 85.0 Å². The molecule has 2 atom stereocenters. The minimum absolute atomic E-state index is 0.0605. The number of Topliss-reactive ketones (excluding diaryl/α,β-unsaturated/α-hetero) is 1. The number of nitrogens with zero attached hydrogens (tertiary/aromatic N) is 2. The van der Waals surface area contributed by atoms with Gasteiger partial charge in [-0.05, 0) is 49.0 Å². The molecule has 10 nitrogen and oxygen atoms in total. The molecule has 0 saturated heterocycles. The molecule has 2 aromatic rings. The highest BCUT2D eigenvalue weighted by atomic mass is 16.5. The van der Waals surface area contributed by atoms with E-state index in [0.29, 0.717) is 25.3 Å². The first-order valence-corrected chi connectivity index (χ1v) is 13.0. The van der Waals surface area contributed by atoms with Gasteiger partial charge in [-0.2, -0.15) is 4.68 Å². The third kappa shape index (κ3) is 8.58. The SMILES string of the molecule is CC(C)CC(NC(=O)OCc1ccccc1)C(=O)NC(CC(C)C)C(=O)c1nn(CC2CCC2)c(=O)o1. The summed E-state index contributed by atoms with van der Waals surface area (Å²) in [4.78, 5) is 51.2. The van der Waals surface area contributed by atoms with E-state index in [-0.39, 0.29) is 24.3 Å². The van der Waals surface area contributed by atoms with Crippen molar-refractivity contribution in [2.75, 3.05) is 0 Å². The first-order valence-electron chi connectivity index (χ1n) is 13.0. The van der Waals surface area contributed by atoms with E-state index in [1.807, 2.05) is 58.0 Å². The molecular formula is C27H38N4O6. The van der Waals surface area contributed by atoms with Crippen LogP contribution in [0.15, 0.2) is 39.5 Å². The molecule has 37 heavy (non-hydrogen) atoms. The molecule has 1 heterocycles. The molecule has 202 valence electrons. The highest BCUT2D eigenvalue weighted by molar-refractivity contribution is 5.99. The van der Waals surface area contributed by atoms with Crippen LogP contribution in [0.2, 0.25) is 0 Å². The van der Waals surface area contributed by atoms with Gasteiger partial charge in [-0.3, -0.25) is 9.59 Å². The average molecular weight is 515 g/mol. The molecule has 0 aliphatic heterocycles. The van der Waals surface area contributed by atoms with Crippen molar-refractivity contribution in [1.29, 1.82) is 0 Å². The Morgan fingerprint density at radius 2 is 1.68 bits per heavy atom. The van der Waals surface area contributed by atoms with E-state index in [9.17, 15) is 19.2 Å². The number of ether oxygens (including phenoxy) is 1. The molecule has 10 heteroatoms. The summed E-state index contributed by atoms with van der Waals surface area (Å²) in [6.07, 6.45) is 3.10. The number of rotatable bonds is 13. The Morgan fingerprint density at radius 3 is 2.27 bits per heavy atom. The predicted molar refractivity (Wildman–Crippen MR) is 137 cm³/mol. The number of hydrogen-bond donors (Lipinski definition) is 2. The normalized spacial score (nSPS) is 15.2. The van der Waals surface area contributed by atoms with Gasteiger partial charge in [0.05, 0.1) is 12.6 Å². The van der Waals surface area contributed by atoms with Crippen molar-refractivity contribution >= 4 is 17.8 Å². The summed E-state index contributed by atoms with van der Waals surface area (Å²) < 4.78 is 11.6. The van der Waals surface area contributed by atoms with Gasteiger partial charge in [0.1, 0.15) is 12.6 Å². The molecule has 1 fully saturated rings. The first kappa shape index (κ1) is 28.1. The Morgan fingerprint density at radius 1 is 1.03 bits per heavy atom. The van der Waals surface area contributed by atoms with Crippen molar-refractivity contribution in [2.24, 2.45) is 17.8 Å². The number of amides is 2. The fourth-order valence-corrected chi connectivity index (χ4v) is 4.18. The lowest BCUT2D eigenvalue weighted by atomic mass is 9.86. The summed E-state index contributed by atoms with van der Waals surface area (Å²) in [5.74, 6) is -1.56. The molecule has 3 rings (SSSR count). The molecule has 1 aromatic heterocycles. The summed E-state index contributed by atoms with van der Waals surface area (Å²) in [5, 5.41) is 9.49. The van der Waals surface area contributed by atoms with Crippen molar-refractivity contribution in [3.05, 3.63) is 52.3 Å². The monoisotopic (exact) mass is 514 g/mol.